The van der Waals surface area contributed by atoms with Crippen molar-refractivity contribution in [1.29, 1.82) is 5.26 Å². The minimum Gasteiger partial charge on any atom is -0.462 e. The molecular formula is C22H19BrN2O3S. The Morgan fingerprint density at radius 2 is 1.93 bits per heavy atom. The molecule has 1 fully saturated rings. The van der Waals surface area contributed by atoms with Gasteiger partial charge in [-0.1, -0.05) is 52.0 Å². The first-order chi connectivity index (χ1) is 14.0. The number of nitriles is 1. The molecule has 7 heteroatoms. The van der Waals surface area contributed by atoms with Crippen LogP contribution in [0.1, 0.15) is 18.1 Å². The molecule has 0 saturated carbocycles. The molecule has 1 atom stereocenters. The van der Waals surface area contributed by atoms with Crippen LogP contribution in [0.5, 0.6) is 0 Å². The molecule has 0 radical (unpaired) electrons. The molecule has 2 aromatic carbocycles. The van der Waals surface area contributed by atoms with Crippen molar-refractivity contribution in [3.8, 4) is 6.07 Å². The quantitative estimate of drug-likeness (QED) is 0.358. The van der Waals surface area contributed by atoms with E-state index in [0.29, 0.717) is 17.1 Å². The van der Waals surface area contributed by atoms with Crippen LogP contribution >= 0.6 is 27.7 Å². The highest BCUT2D eigenvalue weighted by molar-refractivity contribution is 9.10. The summed E-state index contributed by atoms with van der Waals surface area (Å²) in [5, 5.41) is 9.51. The van der Waals surface area contributed by atoms with Crippen molar-refractivity contribution in [2.75, 3.05) is 11.5 Å². The Hall–Kier alpha value is -2.56. The summed E-state index contributed by atoms with van der Waals surface area (Å²) in [5.41, 5.74) is 2.61. The Bertz CT molecular complexity index is 1010. The molecule has 1 aliphatic rings. The van der Waals surface area contributed by atoms with Crippen LogP contribution in [0.4, 0.5) is 5.69 Å². The fourth-order valence-electron chi connectivity index (χ4n) is 3.04. The van der Waals surface area contributed by atoms with Crippen molar-refractivity contribution >= 4 is 45.3 Å². The molecule has 2 aromatic rings. The first-order valence-electron chi connectivity index (χ1n) is 9.08. The molecule has 1 saturated heterocycles. The molecule has 1 heterocycles. The number of esters is 1. The van der Waals surface area contributed by atoms with Gasteiger partial charge in [-0.3, -0.25) is 9.69 Å². The molecule has 29 heavy (non-hydrogen) atoms. The van der Waals surface area contributed by atoms with Crippen molar-refractivity contribution < 1.29 is 14.3 Å². The summed E-state index contributed by atoms with van der Waals surface area (Å²) < 4.78 is 5.91. The van der Waals surface area contributed by atoms with Gasteiger partial charge in [0, 0.05) is 10.2 Å². The lowest BCUT2D eigenvalue weighted by molar-refractivity contribution is -0.138. The van der Waals surface area contributed by atoms with E-state index >= 15 is 0 Å². The van der Waals surface area contributed by atoms with Gasteiger partial charge in [0.05, 0.1) is 11.9 Å². The average molecular weight is 471 g/mol. The summed E-state index contributed by atoms with van der Waals surface area (Å²) in [6.07, 6.45) is 0.508. The number of carbonyl (C=O) groups excluding carboxylic acids is 2. The molecule has 0 bridgehead atoms. The van der Waals surface area contributed by atoms with Crippen molar-refractivity contribution in [2.45, 2.75) is 25.5 Å². The maximum Gasteiger partial charge on any atom is 0.351 e. The highest BCUT2D eigenvalue weighted by Gasteiger charge is 2.41. The molecule has 0 unspecified atom stereocenters. The van der Waals surface area contributed by atoms with Crippen LogP contribution < -0.4 is 4.90 Å². The topological polar surface area (TPSA) is 70.4 Å². The number of aryl methyl sites for hydroxylation is 1. The van der Waals surface area contributed by atoms with E-state index in [2.05, 4.69) is 15.9 Å². The normalized spacial score (nSPS) is 17.8. The molecule has 0 N–H and O–H groups in total. The zero-order valence-electron chi connectivity index (χ0n) is 16.0. The number of amides is 1. The number of halogens is 1. The van der Waals surface area contributed by atoms with Crippen LogP contribution in [-0.4, -0.2) is 23.7 Å². The van der Waals surface area contributed by atoms with E-state index in [1.54, 1.807) is 19.1 Å². The van der Waals surface area contributed by atoms with Gasteiger partial charge in [-0.25, -0.2) is 4.79 Å². The molecule has 0 aromatic heterocycles. The Morgan fingerprint density at radius 1 is 1.24 bits per heavy atom. The standard InChI is InChI=1S/C22H19BrN2O3S/c1-3-28-22(27)18(13-24)21-25(17-10-8-16(23)9-11-17)20(26)19(29-21)12-15-7-5-4-6-14(15)2/h4-11,19H,3,12H2,1-2H3/b21-18-/t19-/m1/s1. The number of rotatable bonds is 5. The molecule has 1 amide bonds. The van der Waals surface area contributed by atoms with Gasteiger partial charge in [-0.15, -0.1) is 0 Å². The predicted molar refractivity (Wildman–Crippen MR) is 117 cm³/mol. The summed E-state index contributed by atoms with van der Waals surface area (Å²) in [4.78, 5) is 27.1. The highest BCUT2D eigenvalue weighted by atomic mass is 79.9. The van der Waals surface area contributed by atoms with Crippen LogP contribution in [0, 0.1) is 18.3 Å². The third-order valence-electron chi connectivity index (χ3n) is 4.51. The molecule has 0 aliphatic carbocycles. The lowest BCUT2D eigenvalue weighted by atomic mass is 10.0. The minimum atomic E-state index is -0.719. The van der Waals surface area contributed by atoms with E-state index in [1.165, 1.54) is 16.7 Å². The van der Waals surface area contributed by atoms with Gasteiger partial charge < -0.3 is 4.74 Å². The maximum absolute atomic E-state index is 13.3. The van der Waals surface area contributed by atoms with Gasteiger partial charge in [-0.2, -0.15) is 5.26 Å². The van der Waals surface area contributed by atoms with Crippen molar-refractivity contribution in [3.63, 3.8) is 0 Å². The second-order valence-corrected chi connectivity index (χ2v) is 8.51. The van der Waals surface area contributed by atoms with Crippen molar-refractivity contribution in [2.24, 2.45) is 0 Å². The molecule has 0 spiro atoms. The number of anilines is 1. The summed E-state index contributed by atoms with van der Waals surface area (Å²) in [6, 6.07) is 17.0. The van der Waals surface area contributed by atoms with E-state index in [9.17, 15) is 14.9 Å². The van der Waals surface area contributed by atoms with Crippen LogP contribution in [0.15, 0.2) is 63.6 Å². The number of hydrogen-bond donors (Lipinski definition) is 0. The van der Waals surface area contributed by atoms with E-state index in [4.69, 9.17) is 4.74 Å². The van der Waals surface area contributed by atoms with Gasteiger partial charge >= 0.3 is 5.97 Å². The Morgan fingerprint density at radius 3 is 2.55 bits per heavy atom. The number of nitrogens with zero attached hydrogens (tertiary/aromatic N) is 2. The third kappa shape index (κ3) is 4.55. The van der Waals surface area contributed by atoms with Crippen molar-refractivity contribution in [1.82, 2.24) is 0 Å². The minimum absolute atomic E-state index is 0.152. The van der Waals surface area contributed by atoms with Gasteiger partial charge in [0.25, 0.3) is 0 Å². The van der Waals surface area contributed by atoms with Crippen molar-refractivity contribution in [3.05, 3.63) is 74.7 Å². The Balaban J connectivity index is 2.05. The Labute approximate surface area is 182 Å². The number of ether oxygens (including phenoxy) is 1. The summed E-state index contributed by atoms with van der Waals surface area (Å²) in [6.45, 7) is 3.83. The Kier molecular flexibility index (Phi) is 6.78. The first kappa shape index (κ1) is 21.2. The SMILES string of the molecule is CCOC(=O)/C(C#N)=C1\S[C@H](Cc2ccccc2C)C(=O)N1c1ccc(Br)cc1. The largest absolute Gasteiger partial charge is 0.462 e. The van der Waals surface area contributed by atoms with Gasteiger partial charge in [0.1, 0.15) is 11.1 Å². The fraction of sp³-hybridized carbons (Fsp3) is 0.227. The first-order valence-corrected chi connectivity index (χ1v) is 10.8. The van der Waals surface area contributed by atoms with Gasteiger partial charge in [0.2, 0.25) is 5.91 Å². The van der Waals surface area contributed by atoms with E-state index in [-0.39, 0.29) is 18.1 Å². The average Bonchev–Trinajstić information content (AvgIpc) is 3.01. The monoisotopic (exact) mass is 470 g/mol. The summed E-state index contributed by atoms with van der Waals surface area (Å²) in [5.74, 6) is -0.878. The number of hydrogen-bond acceptors (Lipinski definition) is 5. The van der Waals surface area contributed by atoms with Crippen LogP contribution in [0.3, 0.4) is 0 Å². The fourth-order valence-corrected chi connectivity index (χ4v) is 4.59. The highest BCUT2D eigenvalue weighted by Crippen LogP contribution is 2.42. The molecule has 148 valence electrons. The van der Waals surface area contributed by atoms with E-state index < -0.39 is 11.2 Å². The number of thioether (sulfide) groups is 1. The maximum atomic E-state index is 13.3. The zero-order valence-corrected chi connectivity index (χ0v) is 18.4. The zero-order chi connectivity index (χ0) is 21.0. The summed E-state index contributed by atoms with van der Waals surface area (Å²) in [7, 11) is 0. The third-order valence-corrected chi connectivity index (χ3v) is 6.30. The lowest BCUT2D eigenvalue weighted by Gasteiger charge is -2.18. The number of carbonyl (C=O) groups is 2. The van der Waals surface area contributed by atoms with Gasteiger partial charge in [-0.05, 0) is 55.7 Å². The second kappa shape index (κ2) is 9.29. The molecular weight excluding hydrogens is 452 g/mol. The molecule has 1 aliphatic heterocycles. The van der Waals surface area contributed by atoms with Crippen LogP contribution in [-0.2, 0) is 20.7 Å². The van der Waals surface area contributed by atoms with Crippen LogP contribution in [0.25, 0.3) is 0 Å². The molecule has 3 rings (SSSR count). The number of benzene rings is 2. The van der Waals surface area contributed by atoms with E-state index in [0.717, 1.165) is 15.6 Å². The second-order valence-electron chi connectivity index (χ2n) is 6.40. The summed E-state index contributed by atoms with van der Waals surface area (Å²) >= 11 is 4.62. The van der Waals surface area contributed by atoms with E-state index in [1.807, 2.05) is 49.4 Å². The predicted octanol–water partition coefficient (Wildman–Crippen LogP) is 4.75. The van der Waals surface area contributed by atoms with Crippen LogP contribution in [0.2, 0.25) is 0 Å². The smallest absolute Gasteiger partial charge is 0.351 e. The molecule has 5 nitrogen and oxygen atoms in total. The van der Waals surface area contributed by atoms with Gasteiger partial charge in [0.15, 0.2) is 5.57 Å². The lowest BCUT2D eigenvalue weighted by Crippen LogP contribution is -2.30.